The van der Waals surface area contributed by atoms with E-state index in [0.29, 0.717) is 0 Å². The molecule has 1 N–H and O–H groups in total. The molecule has 64 valence electrons. The van der Waals surface area contributed by atoms with E-state index in [0.717, 1.165) is 26.2 Å². The van der Waals surface area contributed by atoms with E-state index >= 15 is 0 Å². The summed E-state index contributed by atoms with van der Waals surface area (Å²) in [5.41, 5.74) is 0. The predicted molar refractivity (Wildman–Crippen MR) is 37.5 cm³/mol. The first kappa shape index (κ1) is 8.06. The van der Waals surface area contributed by atoms with Gasteiger partial charge in [-0.1, -0.05) is 0 Å². The van der Waals surface area contributed by atoms with E-state index < -0.39 is 0 Å². The number of hydrogen-bond donors (Lipinski definition) is 1. The maximum atomic E-state index is 10.5. The lowest BCUT2D eigenvalue weighted by Crippen LogP contribution is -2.41. The monoisotopic (exact) mass is 160 g/mol. The van der Waals surface area contributed by atoms with Crippen molar-refractivity contribution in [2.75, 3.05) is 33.3 Å². The van der Waals surface area contributed by atoms with Crippen LogP contribution in [0, 0.1) is 5.21 Å². The van der Waals surface area contributed by atoms with Gasteiger partial charge in [0, 0.05) is 20.2 Å². The van der Waals surface area contributed by atoms with Crippen LogP contribution < -0.4 is 5.32 Å². The molecular weight excluding hydrogens is 148 g/mol. The van der Waals surface area contributed by atoms with Gasteiger partial charge in [0.15, 0.2) is 0 Å². The van der Waals surface area contributed by atoms with Crippen LogP contribution in [0.4, 0.5) is 0 Å². The summed E-state index contributed by atoms with van der Waals surface area (Å²) < 4.78 is 0. The quantitative estimate of drug-likeness (QED) is 0.430. The number of nitrogens with zero attached hydrogens (tertiary/aromatic N) is 3. The van der Waals surface area contributed by atoms with Gasteiger partial charge in [-0.3, -0.25) is 0 Å². The van der Waals surface area contributed by atoms with Gasteiger partial charge in [-0.25, -0.2) is 0 Å². The molecule has 0 radical (unpaired) electrons. The fourth-order valence-corrected chi connectivity index (χ4v) is 0.882. The summed E-state index contributed by atoms with van der Waals surface area (Å²) in [7, 11) is 1.29. The molecule has 1 saturated heterocycles. The van der Waals surface area contributed by atoms with Gasteiger partial charge in [0.1, 0.15) is 18.3 Å². The minimum atomic E-state index is 0.214. The molecule has 1 fully saturated rings. The van der Waals surface area contributed by atoms with E-state index in [1.165, 1.54) is 7.11 Å². The minimum Gasteiger partial charge on any atom is -0.461 e. The van der Waals surface area contributed by atoms with Crippen LogP contribution in [0.3, 0.4) is 0 Å². The fraction of sp³-hybridized carbons (Fsp3) is 1.00. The first-order valence-electron chi connectivity index (χ1n) is 3.51. The zero-order valence-electron chi connectivity index (χ0n) is 6.49. The van der Waals surface area contributed by atoms with Crippen molar-refractivity contribution in [3.63, 3.8) is 0 Å². The molecule has 0 aromatic carbocycles. The molecule has 11 heavy (non-hydrogen) atoms. The molecule has 1 aliphatic heterocycles. The third kappa shape index (κ3) is 2.58. The van der Waals surface area contributed by atoms with Gasteiger partial charge in [0.25, 0.3) is 0 Å². The maximum absolute atomic E-state index is 10.5. The Hall–Kier alpha value is -1.04. The molecule has 1 rings (SSSR count). The molecule has 0 spiro atoms. The van der Waals surface area contributed by atoms with Crippen molar-refractivity contribution >= 4 is 0 Å². The third-order valence-corrected chi connectivity index (χ3v) is 1.45. The van der Waals surface area contributed by atoms with Crippen molar-refractivity contribution in [2.45, 2.75) is 0 Å². The SMILES string of the molecule is CO/[N+]([O-])=N\N1CCNCC1. The molecule has 0 aliphatic carbocycles. The molecule has 0 aromatic rings. The topological polar surface area (TPSA) is 62.9 Å². The molecule has 1 aliphatic rings. The van der Waals surface area contributed by atoms with Gasteiger partial charge in [-0.05, 0) is 0 Å². The molecule has 0 amide bonds. The molecule has 6 heteroatoms. The predicted octanol–water partition coefficient (Wildman–Crippen LogP) is -0.669. The lowest BCUT2D eigenvalue weighted by atomic mass is 10.4. The van der Waals surface area contributed by atoms with Crippen LogP contribution >= 0.6 is 0 Å². The second-order valence-electron chi connectivity index (χ2n) is 2.21. The number of piperazine rings is 1. The average molecular weight is 160 g/mol. The minimum absolute atomic E-state index is 0.214. The van der Waals surface area contributed by atoms with Crippen molar-refractivity contribution in [1.29, 1.82) is 0 Å². The Morgan fingerprint density at radius 2 is 2.18 bits per heavy atom. The van der Waals surface area contributed by atoms with E-state index in [9.17, 15) is 5.21 Å². The van der Waals surface area contributed by atoms with Crippen LogP contribution in [0.15, 0.2) is 5.22 Å². The largest absolute Gasteiger partial charge is 0.461 e. The maximum Gasteiger partial charge on any atom is 0.130 e. The molecule has 0 bridgehead atoms. The highest BCUT2D eigenvalue weighted by atomic mass is 16.9. The molecule has 6 nitrogen and oxygen atoms in total. The van der Waals surface area contributed by atoms with Gasteiger partial charge in [-0.2, -0.15) is 5.01 Å². The van der Waals surface area contributed by atoms with Crippen LogP contribution in [0.1, 0.15) is 0 Å². The average Bonchev–Trinajstić information content (AvgIpc) is 2.06. The molecule has 0 unspecified atom stereocenters. The standard InChI is InChI=1S/C5H12N4O2/c1-11-9(10)7-8-4-2-6-3-5-8/h6H,2-5H2,1H3/b9-7-. The Labute approximate surface area is 64.9 Å². The van der Waals surface area contributed by atoms with E-state index in [2.05, 4.69) is 15.4 Å². The van der Waals surface area contributed by atoms with E-state index in [1.807, 2.05) is 0 Å². The van der Waals surface area contributed by atoms with Gasteiger partial charge in [0.2, 0.25) is 0 Å². The number of nitrogens with one attached hydrogen (secondary N) is 1. The number of hydrogen-bond acceptors (Lipinski definition) is 4. The van der Waals surface area contributed by atoms with Crippen molar-refractivity contribution in [3.8, 4) is 0 Å². The lowest BCUT2D eigenvalue weighted by molar-refractivity contribution is -0.791. The van der Waals surface area contributed by atoms with E-state index in [-0.39, 0.29) is 5.02 Å². The molecular formula is C5H12N4O2. The van der Waals surface area contributed by atoms with Gasteiger partial charge >= 0.3 is 0 Å². The lowest BCUT2D eigenvalue weighted by Gasteiger charge is -2.17. The van der Waals surface area contributed by atoms with Crippen molar-refractivity contribution in [3.05, 3.63) is 5.21 Å². The second kappa shape index (κ2) is 3.97. The Morgan fingerprint density at radius 3 is 2.73 bits per heavy atom. The van der Waals surface area contributed by atoms with Crippen molar-refractivity contribution < 1.29 is 9.86 Å². The van der Waals surface area contributed by atoms with Crippen molar-refractivity contribution in [2.24, 2.45) is 5.22 Å². The summed E-state index contributed by atoms with van der Waals surface area (Å²) >= 11 is 0. The normalized spacial score (nSPS) is 20.1. The van der Waals surface area contributed by atoms with Gasteiger partial charge in [-0.15, -0.1) is 0 Å². The smallest absolute Gasteiger partial charge is 0.130 e. The summed E-state index contributed by atoms with van der Waals surface area (Å²) in [6.07, 6.45) is 0. The fourth-order valence-electron chi connectivity index (χ4n) is 0.882. The highest BCUT2D eigenvalue weighted by Gasteiger charge is 2.13. The number of rotatable bonds is 2. The Morgan fingerprint density at radius 1 is 1.55 bits per heavy atom. The Balaban J connectivity index is 2.34. The van der Waals surface area contributed by atoms with Crippen molar-refractivity contribution in [1.82, 2.24) is 10.3 Å². The highest BCUT2D eigenvalue weighted by Crippen LogP contribution is 1.92. The van der Waals surface area contributed by atoms with Crippen LogP contribution in [0.2, 0.25) is 0 Å². The molecule has 0 saturated carbocycles. The second-order valence-corrected chi connectivity index (χ2v) is 2.21. The first-order valence-corrected chi connectivity index (χ1v) is 3.51. The third-order valence-electron chi connectivity index (χ3n) is 1.45. The van der Waals surface area contributed by atoms with Crippen LogP contribution in [-0.2, 0) is 4.84 Å². The van der Waals surface area contributed by atoms with Crippen LogP contribution in [0.5, 0.6) is 0 Å². The highest BCUT2D eigenvalue weighted by molar-refractivity contribution is 4.61. The van der Waals surface area contributed by atoms with Gasteiger partial charge in [0.05, 0.1) is 5.02 Å². The zero-order valence-corrected chi connectivity index (χ0v) is 6.49. The summed E-state index contributed by atoms with van der Waals surface area (Å²) in [6.45, 7) is 3.23. The van der Waals surface area contributed by atoms with E-state index in [1.54, 1.807) is 5.01 Å². The Bertz CT molecular complexity index is 143. The summed E-state index contributed by atoms with van der Waals surface area (Å²) in [5.74, 6) is 0. The molecule has 0 atom stereocenters. The summed E-state index contributed by atoms with van der Waals surface area (Å²) in [5, 5.41) is 19.2. The van der Waals surface area contributed by atoms with Crippen LogP contribution in [0.25, 0.3) is 0 Å². The zero-order chi connectivity index (χ0) is 8.10. The van der Waals surface area contributed by atoms with Crippen LogP contribution in [-0.4, -0.2) is 43.3 Å². The molecule has 0 aromatic heterocycles. The first-order chi connectivity index (χ1) is 5.33. The summed E-state index contributed by atoms with van der Waals surface area (Å²) in [4.78, 5) is 4.30. The summed E-state index contributed by atoms with van der Waals surface area (Å²) in [6, 6.07) is 0. The Kier molecular flexibility index (Phi) is 2.91. The van der Waals surface area contributed by atoms with Gasteiger partial charge < -0.3 is 15.4 Å². The van der Waals surface area contributed by atoms with E-state index in [4.69, 9.17) is 0 Å². The molecule has 1 heterocycles.